The SMILES string of the molecule is CN(CC1(O)CCCC1)C(=O)NCC(=O)O. The third kappa shape index (κ3) is 3.69. The zero-order valence-corrected chi connectivity index (χ0v) is 9.40. The van der Waals surface area contributed by atoms with Gasteiger partial charge in [0.2, 0.25) is 0 Å². The van der Waals surface area contributed by atoms with Gasteiger partial charge in [0.05, 0.1) is 12.1 Å². The number of hydrogen-bond acceptors (Lipinski definition) is 3. The Balaban J connectivity index is 2.36. The van der Waals surface area contributed by atoms with Crippen LogP contribution in [0.4, 0.5) is 4.79 Å². The van der Waals surface area contributed by atoms with Gasteiger partial charge in [-0.1, -0.05) is 12.8 Å². The number of urea groups is 1. The Kier molecular flexibility index (Phi) is 4.12. The van der Waals surface area contributed by atoms with Crippen LogP contribution in [-0.2, 0) is 4.79 Å². The number of carbonyl (C=O) groups is 2. The number of rotatable bonds is 4. The number of amides is 2. The minimum absolute atomic E-state index is 0.248. The van der Waals surface area contributed by atoms with Crippen LogP contribution in [0.25, 0.3) is 0 Å². The van der Waals surface area contributed by atoms with Crippen molar-refractivity contribution in [3.8, 4) is 0 Å². The molecule has 1 rings (SSSR count). The lowest BCUT2D eigenvalue weighted by Gasteiger charge is -2.28. The summed E-state index contributed by atoms with van der Waals surface area (Å²) >= 11 is 0. The highest BCUT2D eigenvalue weighted by Gasteiger charge is 2.33. The number of carboxylic acids is 1. The lowest BCUT2D eigenvalue weighted by atomic mass is 10.0. The molecule has 0 aromatic heterocycles. The van der Waals surface area contributed by atoms with Crippen molar-refractivity contribution in [1.82, 2.24) is 10.2 Å². The second kappa shape index (κ2) is 5.16. The number of aliphatic hydroxyl groups is 1. The van der Waals surface area contributed by atoms with E-state index in [4.69, 9.17) is 5.11 Å². The van der Waals surface area contributed by atoms with E-state index in [9.17, 15) is 14.7 Å². The van der Waals surface area contributed by atoms with Gasteiger partial charge in [-0.3, -0.25) is 4.79 Å². The quantitative estimate of drug-likeness (QED) is 0.635. The first-order chi connectivity index (χ1) is 7.43. The maximum absolute atomic E-state index is 11.4. The van der Waals surface area contributed by atoms with Crippen molar-refractivity contribution in [2.24, 2.45) is 0 Å². The lowest BCUT2D eigenvalue weighted by molar-refractivity contribution is -0.135. The Morgan fingerprint density at radius 1 is 1.38 bits per heavy atom. The molecule has 0 radical (unpaired) electrons. The predicted molar refractivity (Wildman–Crippen MR) is 57.1 cm³/mol. The first-order valence-electron chi connectivity index (χ1n) is 5.36. The fourth-order valence-electron chi connectivity index (χ4n) is 1.99. The molecular weight excluding hydrogens is 212 g/mol. The number of aliphatic carboxylic acids is 1. The first-order valence-corrected chi connectivity index (χ1v) is 5.36. The molecule has 0 aromatic rings. The Labute approximate surface area is 94.2 Å². The van der Waals surface area contributed by atoms with Gasteiger partial charge in [-0.05, 0) is 12.8 Å². The smallest absolute Gasteiger partial charge is 0.323 e. The molecule has 6 nitrogen and oxygen atoms in total. The summed E-state index contributed by atoms with van der Waals surface area (Å²) in [7, 11) is 1.55. The summed E-state index contributed by atoms with van der Waals surface area (Å²) in [4.78, 5) is 23.0. The molecule has 0 unspecified atom stereocenters. The topological polar surface area (TPSA) is 89.9 Å². The molecule has 1 fully saturated rings. The molecule has 0 aromatic carbocycles. The summed E-state index contributed by atoms with van der Waals surface area (Å²) < 4.78 is 0. The standard InChI is InChI=1S/C10H18N2O4/c1-12(9(15)11-6-8(13)14)7-10(16)4-2-3-5-10/h16H,2-7H2,1H3,(H,11,15)(H,13,14). The number of carbonyl (C=O) groups excluding carboxylic acids is 1. The van der Waals surface area contributed by atoms with Gasteiger partial charge in [0, 0.05) is 7.05 Å². The molecule has 0 saturated heterocycles. The minimum atomic E-state index is -1.08. The van der Waals surface area contributed by atoms with Gasteiger partial charge in [-0.25, -0.2) is 4.79 Å². The van der Waals surface area contributed by atoms with Crippen LogP contribution in [0.1, 0.15) is 25.7 Å². The fourth-order valence-corrected chi connectivity index (χ4v) is 1.99. The number of carboxylic acid groups (broad SMARTS) is 1. The predicted octanol–water partition coefficient (Wildman–Crippen LogP) is 0.0175. The van der Waals surface area contributed by atoms with E-state index in [1.165, 1.54) is 4.90 Å². The molecule has 0 aliphatic heterocycles. The van der Waals surface area contributed by atoms with Gasteiger partial charge in [0.15, 0.2) is 0 Å². The highest BCUT2D eigenvalue weighted by molar-refractivity contribution is 5.79. The average Bonchev–Trinajstić information content (AvgIpc) is 2.61. The van der Waals surface area contributed by atoms with Crippen LogP contribution in [-0.4, -0.2) is 52.9 Å². The van der Waals surface area contributed by atoms with Gasteiger partial charge in [0.1, 0.15) is 6.54 Å². The molecule has 2 amide bonds. The third-order valence-corrected chi connectivity index (χ3v) is 2.80. The molecule has 16 heavy (non-hydrogen) atoms. The summed E-state index contributed by atoms with van der Waals surface area (Å²) in [5.74, 6) is -1.08. The minimum Gasteiger partial charge on any atom is -0.480 e. The molecule has 0 bridgehead atoms. The number of likely N-dealkylation sites (N-methyl/N-ethyl adjacent to an activating group) is 1. The Morgan fingerprint density at radius 3 is 2.44 bits per heavy atom. The number of nitrogens with one attached hydrogen (secondary N) is 1. The van der Waals surface area contributed by atoms with Crippen molar-refractivity contribution >= 4 is 12.0 Å². The molecular formula is C10H18N2O4. The maximum Gasteiger partial charge on any atom is 0.323 e. The molecule has 3 N–H and O–H groups in total. The van der Waals surface area contributed by atoms with E-state index in [1.54, 1.807) is 7.05 Å². The zero-order chi connectivity index (χ0) is 12.2. The number of hydrogen-bond donors (Lipinski definition) is 3. The molecule has 0 heterocycles. The molecule has 1 saturated carbocycles. The van der Waals surface area contributed by atoms with E-state index < -0.39 is 24.1 Å². The van der Waals surface area contributed by atoms with Crippen LogP contribution < -0.4 is 5.32 Å². The Hall–Kier alpha value is -1.30. The maximum atomic E-state index is 11.4. The van der Waals surface area contributed by atoms with E-state index in [2.05, 4.69) is 5.32 Å². The van der Waals surface area contributed by atoms with Gasteiger partial charge in [-0.15, -0.1) is 0 Å². The summed E-state index contributed by atoms with van der Waals surface area (Å²) in [6, 6.07) is -0.470. The van der Waals surface area contributed by atoms with Crippen molar-refractivity contribution in [3.63, 3.8) is 0 Å². The molecule has 0 atom stereocenters. The Bertz CT molecular complexity index is 274. The average molecular weight is 230 g/mol. The van der Waals surface area contributed by atoms with E-state index in [0.29, 0.717) is 12.8 Å². The van der Waals surface area contributed by atoms with Crippen molar-refractivity contribution < 1.29 is 19.8 Å². The van der Waals surface area contributed by atoms with Gasteiger partial charge < -0.3 is 20.4 Å². The first kappa shape index (κ1) is 12.8. The molecule has 1 aliphatic rings. The summed E-state index contributed by atoms with van der Waals surface area (Å²) in [6.07, 6.45) is 3.34. The third-order valence-electron chi connectivity index (χ3n) is 2.80. The largest absolute Gasteiger partial charge is 0.480 e. The van der Waals surface area contributed by atoms with Crippen LogP contribution in [0.2, 0.25) is 0 Å². The molecule has 1 aliphatic carbocycles. The van der Waals surface area contributed by atoms with E-state index in [1.807, 2.05) is 0 Å². The second-order valence-corrected chi connectivity index (χ2v) is 4.34. The highest BCUT2D eigenvalue weighted by atomic mass is 16.4. The van der Waals surface area contributed by atoms with Crippen LogP contribution >= 0.6 is 0 Å². The highest BCUT2D eigenvalue weighted by Crippen LogP contribution is 2.29. The van der Waals surface area contributed by atoms with Crippen LogP contribution in [0.15, 0.2) is 0 Å². The summed E-state index contributed by atoms with van der Waals surface area (Å²) in [5, 5.41) is 20.7. The fraction of sp³-hybridized carbons (Fsp3) is 0.800. The molecule has 92 valence electrons. The lowest BCUT2D eigenvalue weighted by Crippen LogP contribution is -2.47. The van der Waals surface area contributed by atoms with E-state index >= 15 is 0 Å². The molecule has 6 heteroatoms. The van der Waals surface area contributed by atoms with E-state index in [-0.39, 0.29) is 6.54 Å². The van der Waals surface area contributed by atoms with Crippen LogP contribution in [0.3, 0.4) is 0 Å². The van der Waals surface area contributed by atoms with E-state index in [0.717, 1.165) is 12.8 Å². The summed E-state index contributed by atoms with van der Waals surface area (Å²) in [6.45, 7) is -0.153. The van der Waals surface area contributed by atoms with Gasteiger partial charge in [-0.2, -0.15) is 0 Å². The second-order valence-electron chi connectivity index (χ2n) is 4.34. The monoisotopic (exact) mass is 230 g/mol. The summed E-state index contributed by atoms with van der Waals surface area (Å²) in [5.41, 5.74) is -0.796. The zero-order valence-electron chi connectivity index (χ0n) is 9.40. The van der Waals surface area contributed by atoms with Gasteiger partial charge in [0.25, 0.3) is 0 Å². The van der Waals surface area contributed by atoms with Crippen molar-refractivity contribution in [1.29, 1.82) is 0 Å². The van der Waals surface area contributed by atoms with Crippen molar-refractivity contribution in [2.75, 3.05) is 20.1 Å². The van der Waals surface area contributed by atoms with Gasteiger partial charge >= 0.3 is 12.0 Å². The number of nitrogens with zero attached hydrogens (tertiary/aromatic N) is 1. The van der Waals surface area contributed by atoms with Crippen LogP contribution in [0.5, 0.6) is 0 Å². The molecule has 0 spiro atoms. The Morgan fingerprint density at radius 2 is 1.94 bits per heavy atom. The van der Waals surface area contributed by atoms with Crippen molar-refractivity contribution in [2.45, 2.75) is 31.3 Å². The van der Waals surface area contributed by atoms with Crippen molar-refractivity contribution in [3.05, 3.63) is 0 Å². The normalized spacial score (nSPS) is 18.1. The van der Waals surface area contributed by atoms with Crippen LogP contribution in [0, 0.1) is 0 Å².